The summed E-state index contributed by atoms with van der Waals surface area (Å²) in [5.74, 6) is 0. The largest absolute Gasteiger partial charge is 0.396 e. The summed E-state index contributed by atoms with van der Waals surface area (Å²) >= 11 is 0. The molecule has 1 aromatic carbocycles. The van der Waals surface area contributed by atoms with Gasteiger partial charge in [0.05, 0.1) is 11.0 Å². The third-order valence-electron chi connectivity index (χ3n) is 3.62. The highest BCUT2D eigenvalue weighted by molar-refractivity contribution is 5.33. The molecule has 3 N–H and O–H groups in total. The van der Waals surface area contributed by atoms with Crippen LogP contribution in [0, 0.1) is 15.5 Å². The molecule has 0 heterocycles. The van der Waals surface area contributed by atoms with Gasteiger partial charge in [-0.2, -0.15) is 0 Å². The van der Waals surface area contributed by atoms with Crippen LogP contribution in [0.2, 0.25) is 0 Å². The monoisotopic (exact) mass is 266 g/mol. The predicted octanol–water partition coefficient (Wildman–Crippen LogP) is 0.990. The van der Waals surface area contributed by atoms with E-state index in [2.05, 4.69) is 5.32 Å². The van der Waals surface area contributed by atoms with Crippen LogP contribution in [0.25, 0.3) is 0 Å². The van der Waals surface area contributed by atoms with Crippen molar-refractivity contribution in [1.29, 1.82) is 0 Å². The Hall–Kier alpha value is -1.50. The van der Waals surface area contributed by atoms with Crippen molar-refractivity contribution >= 4 is 5.69 Å². The minimum absolute atomic E-state index is 0.00912. The smallest absolute Gasteiger partial charge is 0.269 e. The second kappa shape index (κ2) is 5.64. The first kappa shape index (κ1) is 13.9. The van der Waals surface area contributed by atoms with Crippen molar-refractivity contribution in [3.8, 4) is 0 Å². The van der Waals surface area contributed by atoms with Gasteiger partial charge in [0.25, 0.3) is 5.69 Å². The van der Waals surface area contributed by atoms with Gasteiger partial charge in [-0.1, -0.05) is 0 Å². The Morgan fingerprint density at radius 2 is 2.00 bits per heavy atom. The van der Waals surface area contributed by atoms with Crippen LogP contribution >= 0.6 is 0 Å². The third-order valence-corrected chi connectivity index (χ3v) is 3.62. The summed E-state index contributed by atoms with van der Waals surface area (Å²) in [6, 6.07) is 5.89. The number of rotatable bonds is 7. The van der Waals surface area contributed by atoms with E-state index >= 15 is 0 Å². The SMILES string of the molecule is O=[N+]([O-])c1ccc(C(O)CNCC2(CO)CC2)cc1. The highest BCUT2D eigenvalue weighted by atomic mass is 16.6. The number of nitro benzene ring substituents is 1. The topological polar surface area (TPSA) is 95.6 Å². The normalized spacial score (nSPS) is 18.0. The van der Waals surface area contributed by atoms with Gasteiger partial charge in [0.1, 0.15) is 0 Å². The Kier molecular flexibility index (Phi) is 4.14. The maximum absolute atomic E-state index is 10.5. The van der Waals surface area contributed by atoms with Crippen molar-refractivity contribution in [2.45, 2.75) is 18.9 Å². The average Bonchev–Trinajstić information content (AvgIpc) is 3.19. The van der Waals surface area contributed by atoms with Crippen LogP contribution in [0.5, 0.6) is 0 Å². The molecule has 19 heavy (non-hydrogen) atoms. The molecule has 0 radical (unpaired) electrons. The summed E-state index contributed by atoms with van der Waals surface area (Å²) < 4.78 is 0. The molecule has 6 heteroatoms. The minimum atomic E-state index is -0.699. The quantitative estimate of drug-likeness (QED) is 0.505. The first-order chi connectivity index (χ1) is 9.06. The maximum atomic E-state index is 10.5. The van der Waals surface area contributed by atoms with Gasteiger partial charge in [-0.15, -0.1) is 0 Å². The van der Waals surface area contributed by atoms with Gasteiger partial charge < -0.3 is 15.5 Å². The molecule has 1 aliphatic carbocycles. The standard InChI is InChI=1S/C13H18N2O4/c16-9-13(5-6-13)8-14-7-12(17)10-1-3-11(4-2-10)15(18)19/h1-4,12,14,16-17H,5-9H2. The molecular formula is C13H18N2O4. The zero-order valence-corrected chi connectivity index (χ0v) is 10.6. The molecular weight excluding hydrogens is 248 g/mol. The van der Waals surface area contributed by atoms with E-state index in [9.17, 15) is 15.2 Å². The molecule has 1 aromatic rings. The molecule has 0 aliphatic heterocycles. The molecule has 1 aliphatic rings. The molecule has 1 fully saturated rings. The summed E-state index contributed by atoms with van der Waals surface area (Å²) in [6.07, 6.45) is 1.34. The lowest BCUT2D eigenvalue weighted by Crippen LogP contribution is -2.30. The highest BCUT2D eigenvalue weighted by Gasteiger charge is 2.41. The second-order valence-corrected chi connectivity index (χ2v) is 5.15. The van der Waals surface area contributed by atoms with E-state index in [4.69, 9.17) is 5.11 Å². The van der Waals surface area contributed by atoms with Crippen molar-refractivity contribution < 1.29 is 15.1 Å². The molecule has 1 atom stereocenters. The van der Waals surface area contributed by atoms with Gasteiger partial charge in [-0.05, 0) is 30.5 Å². The predicted molar refractivity (Wildman–Crippen MR) is 69.7 cm³/mol. The molecule has 0 saturated heterocycles. The molecule has 1 saturated carbocycles. The fraction of sp³-hybridized carbons (Fsp3) is 0.538. The van der Waals surface area contributed by atoms with E-state index in [0.717, 1.165) is 12.8 Å². The number of hydrogen-bond acceptors (Lipinski definition) is 5. The lowest BCUT2D eigenvalue weighted by Gasteiger charge is -2.16. The molecule has 6 nitrogen and oxygen atoms in total. The number of aliphatic hydroxyl groups is 2. The fourth-order valence-electron chi connectivity index (χ4n) is 1.98. The minimum Gasteiger partial charge on any atom is -0.396 e. The number of benzene rings is 1. The van der Waals surface area contributed by atoms with Crippen molar-refractivity contribution in [1.82, 2.24) is 5.32 Å². The zero-order valence-electron chi connectivity index (χ0n) is 10.6. The molecule has 104 valence electrons. The van der Waals surface area contributed by atoms with E-state index in [1.54, 1.807) is 12.1 Å². The van der Waals surface area contributed by atoms with E-state index in [1.165, 1.54) is 12.1 Å². The van der Waals surface area contributed by atoms with Gasteiger partial charge in [0.15, 0.2) is 0 Å². The van der Waals surface area contributed by atoms with Crippen LogP contribution < -0.4 is 5.32 Å². The Morgan fingerprint density at radius 1 is 1.37 bits per heavy atom. The van der Waals surface area contributed by atoms with Gasteiger partial charge >= 0.3 is 0 Å². The second-order valence-electron chi connectivity index (χ2n) is 5.15. The highest BCUT2D eigenvalue weighted by Crippen LogP contribution is 2.44. The molecule has 2 rings (SSSR count). The lowest BCUT2D eigenvalue weighted by molar-refractivity contribution is -0.384. The van der Waals surface area contributed by atoms with Crippen molar-refractivity contribution in [3.05, 3.63) is 39.9 Å². The van der Waals surface area contributed by atoms with Crippen molar-refractivity contribution in [2.24, 2.45) is 5.41 Å². The zero-order chi connectivity index (χ0) is 13.9. The number of aliphatic hydroxyl groups excluding tert-OH is 2. The molecule has 1 unspecified atom stereocenters. The first-order valence-corrected chi connectivity index (χ1v) is 6.30. The molecule has 0 amide bonds. The number of nitro groups is 1. The van der Waals surface area contributed by atoms with E-state index in [1.807, 2.05) is 0 Å². The first-order valence-electron chi connectivity index (χ1n) is 6.30. The summed E-state index contributed by atoms with van der Waals surface area (Å²) in [7, 11) is 0. The Morgan fingerprint density at radius 3 is 2.47 bits per heavy atom. The Labute approximate surface area is 111 Å². The summed E-state index contributed by atoms with van der Waals surface area (Å²) in [5.41, 5.74) is 0.669. The van der Waals surface area contributed by atoms with Gasteiger partial charge in [0, 0.05) is 37.2 Å². The van der Waals surface area contributed by atoms with Crippen LogP contribution in [0.1, 0.15) is 24.5 Å². The van der Waals surface area contributed by atoms with Gasteiger partial charge in [0.2, 0.25) is 0 Å². The van der Waals surface area contributed by atoms with Crippen LogP contribution in [-0.2, 0) is 0 Å². The average molecular weight is 266 g/mol. The molecule has 0 aromatic heterocycles. The van der Waals surface area contributed by atoms with Crippen LogP contribution in [0.4, 0.5) is 5.69 Å². The van der Waals surface area contributed by atoms with Crippen molar-refractivity contribution in [2.75, 3.05) is 19.7 Å². The third kappa shape index (κ3) is 3.50. The fourth-order valence-corrected chi connectivity index (χ4v) is 1.98. The summed E-state index contributed by atoms with van der Waals surface area (Å²) in [4.78, 5) is 10.0. The lowest BCUT2D eigenvalue weighted by atomic mass is 10.1. The summed E-state index contributed by atoms with van der Waals surface area (Å²) in [6.45, 7) is 1.24. The van der Waals surface area contributed by atoms with Crippen LogP contribution in [0.3, 0.4) is 0 Å². The number of hydrogen-bond donors (Lipinski definition) is 3. The number of nitrogens with one attached hydrogen (secondary N) is 1. The van der Waals surface area contributed by atoms with Gasteiger partial charge in [-0.25, -0.2) is 0 Å². The molecule has 0 bridgehead atoms. The number of nitrogens with zero attached hydrogens (tertiary/aromatic N) is 1. The van der Waals surface area contributed by atoms with Crippen LogP contribution in [0.15, 0.2) is 24.3 Å². The number of non-ortho nitro benzene ring substituents is 1. The van der Waals surface area contributed by atoms with E-state index in [0.29, 0.717) is 18.7 Å². The molecule has 0 spiro atoms. The van der Waals surface area contributed by atoms with Gasteiger partial charge in [-0.3, -0.25) is 10.1 Å². The van der Waals surface area contributed by atoms with E-state index < -0.39 is 11.0 Å². The summed E-state index contributed by atoms with van der Waals surface area (Å²) in [5, 5.41) is 32.7. The maximum Gasteiger partial charge on any atom is 0.269 e. The van der Waals surface area contributed by atoms with E-state index in [-0.39, 0.29) is 17.7 Å². The Bertz CT molecular complexity index is 442. The Balaban J connectivity index is 1.82. The van der Waals surface area contributed by atoms with Crippen molar-refractivity contribution in [3.63, 3.8) is 0 Å². The van der Waals surface area contributed by atoms with Crippen LogP contribution in [-0.4, -0.2) is 34.8 Å².